The zero-order chi connectivity index (χ0) is 13.8. The second kappa shape index (κ2) is 5.56. The number of nitrogens with zero attached hydrogens (tertiary/aromatic N) is 3. The summed E-state index contributed by atoms with van der Waals surface area (Å²) in [5, 5.41) is 0. The van der Waals surface area contributed by atoms with Gasteiger partial charge in [-0.1, -0.05) is 12.1 Å². The van der Waals surface area contributed by atoms with Gasteiger partial charge >= 0.3 is 5.97 Å². The van der Waals surface area contributed by atoms with E-state index in [9.17, 15) is 4.79 Å². The van der Waals surface area contributed by atoms with Crippen molar-refractivity contribution in [3.8, 4) is 0 Å². The molecule has 1 aromatic carbocycles. The molecule has 0 saturated carbocycles. The van der Waals surface area contributed by atoms with Crippen LogP contribution in [0.5, 0.6) is 0 Å². The lowest BCUT2D eigenvalue weighted by Crippen LogP contribution is -2.21. The van der Waals surface area contributed by atoms with Gasteiger partial charge in [0.25, 0.3) is 0 Å². The molecule has 5 nitrogen and oxygen atoms in total. The highest BCUT2D eigenvalue weighted by Gasteiger charge is 2.15. The molecule has 2 aromatic rings. The van der Waals surface area contributed by atoms with Crippen molar-refractivity contribution in [1.29, 1.82) is 0 Å². The number of ether oxygens (including phenoxy) is 1. The van der Waals surface area contributed by atoms with E-state index in [0.717, 1.165) is 11.5 Å². The van der Waals surface area contributed by atoms with Crippen molar-refractivity contribution in [3.63, 3.8) is 0 Å². The predicted molar refractivity (Wildman–Crippen MR) is 73.1 cm³/mol. The Morgan fingerprint density at radius 2 is 2.16 bits per heavy atom. The van der Waals surface area contributed by atoms with Crippen LogP contribution in [-0.2, 0) is 18.3 Å². The molecule has 0 atom stereocenters. The van der Waals surface area contributed by atoms with Crippen LogP contribution in [0.15, 0.2) is 36.7 Å². The molecule has 0 saturated heterocycles. The summed E-state index contributed by atoms with van der Waals surface area (Å²) in [5.74, 6) is 0.601. The van der Waals surface area contributed by atoms with Gasteiger partial charge in [-0.2, -0.15) is 0 Å². The molecule has 0 aliphatic rings. The molecular formula is C14H17N3O2. The third kappa shape index (κ3) is 2.76. The van der Waals surface area contributed by atoms with Crippen molar-refractivity contribution in [2.45, 2.75) is 6.54 Å². The molecule has 2 rings (SSSR count). The van der Waals surface area contributed by atoms with Crippen LogP contribution in [0.4, 0.5) is 5.69 Å². The first kappa shape index (κ1) is 13.1. The normalized spacial score (nSPS) is 10.3. The van der Waals surface area contributed by atoms with Crippen LogP contribution in [0.3, 0.4) is 0 Å². The molecular weight excluding hydrogens is 242 g/mol. The number of rotatable bonds is 4. The van der Waals surface area contributed by atoms with Crippen molar-refractivity contribution >= 4 is 11.7 Å². The Morgan fingerprint density at radius 1 is 1.42 bits per heavy atom. The lowest BCUT2D eigenvalue weighted by Gasteiger charge is -2.21. The third-order valence-electron chi connectivity index (χ3n) is 3.02. The van der Waals surface area contributed by atoms with E-state index >= 15 is 0 Å². The molecule has 0 N–H and O–H groups in total. The predicted octanol–water partition coefficient (Wildman–Crippen LogP) is 1.84. The number of benzene rings is 1. The number of anilines is 1. The average molecular weight is 259 g/mol. The smallest absolute Gasteiger partial charge is 0.339 e. The molecule has 0 radical (unpaired) electrons. The van der Waals surface area contributed by atoms with Crippen molar-refractivity contribution < 1.29 is 9.53 Å². The summed E-state index contributed by atoms with van der Waals surface area (Å²) in [6.45, 7) is 0.623. The zero-order valence-electron chi connectivity index (χ0n) is 11.3. The average Bonchev–Trinajstić information content (AvgIpc) is 2.83. The van der Waals surface area contributed by atoms with Gasteiger partial charge in [0.05, 0.1) is 24.9 Å². The Labute approximate surface area is 112 Å². The van der Waals surface area contributed by atoms with Gasteiger partial charge in [0.15, 0.2) is 0 Å². The summed E-state index contributed by atoms with van der Waals surface area (Å²) in [6.07, 6.45) is 3.66. The Kier molecular flexibility index (Phi) is 3.85. The molecule has 0 bridgehead atoms. The fraction of sp³-hybridized carbons (Fsp3) is 0.286. The van der Waals surface area contributed by atoms with Crippen LogP contribution in [0.25, 0.3) is 0 Å². The molecule has 0 fully saturated rings. The van der Waals surface area contributed by atoms with Crippen molar-refractivity contribution in [2.24, 2.45) is 7.05 Å². The molecule has 0 amide bonds. The van der Waals surface area contributed by atoms with Crippen LogP contribution in [-0.4, -0.2) is 29.7 Å². The maximum atomic E-state index is 11.7. The van der Waals surface area contributed by atoms with E-state index < -0.39 is 0 Å². The standard InChI is InChI=1S/C14H17N3O2/c1-16-9-8-15-13(16)10-17(2)12-7-5-4-6-11(12)14(18)19-3/h4-9H,10H2,1-3H3. The number of methoxy groups -OCH3 is 1. The fourth-order valence-electron chi connectivity index (χ4n) is 1.94. The quantitative estimate of drug-likeness (QED) is 0.786. The van der Waals surface area contributed by atoms with Crippen LogP contribution in [0.2, 0.25) is 0 Å². The van der Waals surface area contributed by atoms with Gasteiger partial charge in [0.2, 0.25) is 0 Å². The van der Waals surface area contributed by atoms with Gasteiger partial charge in [-0.05, 0) is 12.1 Å². The molecule has 1 heterocycles. The topological polar surface area (TPSA) is 47.4 Å². The van der Waals surface area contributed by atoms with E-state index in [1.54, 1.807) is 12.3 Å². The van der Waals surface area contributed by atoms with E-state index in [4.69, 9.17) is 4.74 Å². The highest BCUT2D eigenvalue weighted by molar-refractivity contribution is 5.95. The minimum atomic E-state index is -0.331. The lowest BCUT2D eigenvalue weighted by atomic mass is 10.1. The van der Waals surface area contributed by atoms with Crippen LogP contribution in [0, 0.1) is 0 Å². The number of hydrogen-bond acceptors (Lipinski definition) is 4. The van der Waals surface area contributed by atoms with E-state index in [0.29, 0.717) is 12.1 Å². The number of imidazole rings is 1. The van der Waals surface area contributed by atoms with E-state index in [2.05, 4.69) is 4.98 Å². The van der Waals surface area contributed by atoms with Gasteiger partial charge in [-0.15, -0.1) is 0 Å². The molecule has 0 unspecified atom stereocenters. The molecule has 0 spiro atoms. The Hall–Kier alpha value is -2.30. The Morgan fingerprint density at radius 3 is 2.79 bits per heavy atom. The van der Waals surface area contributed by atoms with Crippen molar-refractivity contribution in [3.05, 3.63) is 48.0 Å². The number of carbonyl (C=O) groups is 1. The minimum absolute atomic E-state index is 0.331. The number of carbonyl (C=O) groups excluding carboxylic acids is 1. The number of para-hydroxylation sites is 1. The van der Waals surface area contributed by atoms with Crippen molar-refractivity contribution in [2.75, 3.05) is 19.1 Å². The van der Waals surface area contributed by atoms with Crippen LogP contribution < -0.4 is 4.90 Å². The SMILES string of the molecule is COC(=O)c1ccccc1N(C)Cc1nccn1C. The molecule has 0 aliphatic heterocycles. The van der Waals surface area contributed by atoms with Gasteiger partial charge in [0.1, 0.15) is 5.82 Å². The number of aryl methyl sites for hydroxylation is 1. The van der Waals surface area contributed by atoms with Crippen LogP contribution >= 0.6 is 0 Å². The van der Waals surface area contributed by atoms with Crippen molar-refractivity contribution in [1.82, 2.24) is 9.55 Å². The molecule has 1 aromatic heterocycles. The monoisotopic (exact) mass is 259 g/mol. The van der Waals surface area contributed by atoms with E-state index in [1.807, 2.05) is 48.0 Å². The minimum Gasteiger partial charge on any atom is -0.465 e. The first-order chi connectivity index (χ1) is 9.13. The fourth-order valence-corrected chi connectivity index (χ4v) is 1.94. The maximum absolute atomic E-state index is 11.7. The highest BCUT2D eigenvalue weighted by Crippen LogP contribution is 2.21. The van der Waals surface area contributed by atoms with E-state index in [1.165, 1.54) is 7.11 Å². The lowest BCUT2D eigenvalue weighted by molar-refractivity contribution is 0.0601. The van der Waals surface area contributed by atoms with Crippen LogP contribution in [0.1, 0.15) is 16.2 Å². The number of aromatic nitrogens is 2. The molecule has 19 heavy (non-hydrogen) atoms. The summed E-state index contributed by atoms with van der Waals surface area (Å²) in [4.78, 5) is 18.0. The maximum Gasteiger partial charge on any atom is 0.339 e. The second-order valence-electron chi connectivity index (χ2n) is 4.32. The first-order valence-electron chi connectivity index (χ1n) is 5.98. The second-order valence-corrected chi connectivity index (χ2v) is 4.32. The van der Waals surface area contributed by atoms with Gasteiger partial charge < -0.3 is 14.2 Å². The number of hydrogen-bond donors (Lipinski definition) is 0. The summed E-state index contributed by atoms with van der Waals surface area (Å²) >= 11 is 0. The van der Waals surface area contributed by atoms with Gasteiger partial charge in [-0.25, -0.2) is 9.78 Å². The first-order valence-corrected chi connectivity index (χ1v) is 5.98. The Balaban J connectivity index is 2.26. The molecule has 0 aliphatic carbocycles. The zero-order valence-corrected chi connectivity index (χ0v) is 11.3. The largest absolute Gasteiger partial charge is 0.465 e. The summed E-state index contributed by atoms with van der Waals surface area (Å²) < 4.78 is 6.76. The Bertz CT molecular complexity index is 578. The number of esters is 1. The molecule has 100 valence electrons. The summed E-state index contributed by atoms with van der Waals surface area (Å²) in [5.41, 5.74) is 1.39. The van der Waals surface area contributed by atoms with E-state index in [-0.39, 0.29) is 5.97 Å². The molecule has 5 heteroatoms. The third-order valence-corrected chi connectivity index (χ3v) is 3.02. The summed E-state index contributed by atoms with van der Waals surface area (Å²) in [6, 6.07) is 7.38. The highest BCUT2D eigenvalue weighted by atomic mass is 16.5. The van der Waals surface area contributed by atoms with Gasteiger partial charge in [-0.3, -0.25) is 0 Å². The summed E-state index contributed by atoms with van der Waals surface area (Å²) in [7, 11) is 5.26. The van der Waals surface area contributed by atoms with Gasteiger partial charge in [0, 0.05) is 26.5 Å².